The van der Waals surface area contributed by atoms with Crippen LogP contribution in [0.3, 0.4) is 0 Å². The van der Waals surface area contributed by atoms with Crippen LogP contribution in [0.25, 0.3) is 10.8 Å². The summed E-state index contributed by atoms with van der Waals surface area (Å²) < 4.78 is 49.8. The van der Waals surface area contributed by atoms with Gasteiger partial charge in [0, 0.05) is 117 Å². The number of nitrogens with zero attached hydrogens (tertiary/aromatic N) is 5. The molecule has 8 N–H and O–H groups in total. The second-order valence-corrected chi connectivity index (χ2v) is 26.2. The van der Waals surface area contributed by atoms with E-state index >= 15 is 4.79 Å². The summed E-state index contributed by atoms with van der Waals surface area (Å²) in [7, 11) is -2.63. The Labute approximate surface area is 474 Å². The van der Waals surface area contributed by atoms with E-state index in [0.717, 1.165) is 6.54 Å². The van der Waals surface area contributed by atoms with Crippen molar-refractivity contribution in [2.75, 3.05) is 63.1 Å². The number of halogens is 1. The molecule has 79 heavy (non-hydrogen) atoms. The third-order valence-corrected chi connectivity index (χ3v) is 18.2. The average Bonchev–Trinajstić information content (AvgIpc) is 3.93. The van der Waals surface area contributed by atoms with Crippen molar-refractivity contribution in [2.45, 2.75) is 131 Å². The summed E-state index contributed by atoms with van der Waals surface area (Å²) >= 11 is 2.39. The first-order valence-corrected chi connectivity index (χ1v) is 29.8. The van der Waals surface area contributed by atoms with Gasteiger partial charge in [-0.15, -0.1) is 0 Å². The van der Waals surface area contributed by atoms with Crippen LogP contribution in [-0.4, -0.2) is 160 Å². The lowest BCUT2D eigenvalue weighted by molar-refractivity contribution is -0.166. The van der Waals surface area contributed by atoms with Gasteiger partial charge in [-0.3, -0.25) is 24.4 Å². The maximum absolute atomic E-state index is 15.2. The van der Waals surface area contributed by atoms with Crippen LogP contribution in [0.1, 0.15) is 90.1 Å². The van der Waals surface area contributed by atoms with Crippen LogP contribution in [0.5, 0.6) is 17.2 Å². The molecule has 0 aliphatic carbocycles. The van der Waals surface area contributed by atoms with Gasteiger partial charge in [0.2, 0.25) is 15.9 Å². The van der Waals surface area contributed by atoms with Crippen molar-refractivity contribution >= 4 is 72.4 Å². The SMILES string of the molecule is C=C[C@@]12O/C=C/[C@H](OC)[C@@H](C)[C@@H](OC(=O)CC(=O)N3CCN(c4ccccc4S(N)(=O)=O)CC3)[C@H](C)[C@H](O)[C@H](C)[C@@H](O)[C@@H](C)CC(O)(C(C)C)Nc3c(O)c4c(O)c(C)c(c(c4c4c3=NC3(CCN(CC(C)I)CC3)N=4)C1=O)O2. The standard InChI is InChI=1S/C56H76IN7O14S/c1-11-56-53(71)43-41-42(49(69)35(9)52(43)78-56)50(70)46(45-44(41)59-54(60-45)17-19-62(20-18-54)28-31(5)57)61-55(72,29(2)3)27-30(4)47(67)33(7)48(68)34(8)51(32(6)37(75-10)16-25-76-56)77-40(66)26-39(65)64-23-21-63(22-24-64)36-14-12-13-15-38(36)79(58,73)74/h11-16,25,29-34,37,47-48,51,61,67-70,72H,1,17-24,26-28H2,2-10H3,(H2,58,73,74)/b25-16+/t30-,31?,32+,33+,34+,37-,47-,48+,51+,55?,56-/m0/s1. The van der Waals surface area contributed by atoms with Crippen molar-refractivity contribution in [3.63, 3.8) is 0 Å². The fourth-order valence-electron chi connectivity index (χ4n) is 12.0. The number of esters is 1. The lowest BCUT2D eigenvalue weighted by Gasteiger charge is -2.41. The Morgan fingerprint density at radius 2 is 1.61 bits per heavy atom. The highest BCUT2D eigenvalue weighted by molar-refractivity contribution is 14.1. The molecule has 1 spiro atoms. The number of alkyl halides is 1. The monoisotopic (exact) mass is 1230 g/mol. The van der Waals surface area contributed by atoms with Crippen molar-refractivity contribution in [3.05, 3.63) is 71.1 Å². The Balaban J connectivity index is 1.16. The van der Waals surface area contributed by atoms with E-state index in [1.807, 2.05) is 0 Å². The summed E-state index contributed by atoms with van der Waals surface area (Å²) in [5.41, 5.74) is -2.51. The van der Waals surface area contributed by atoms with Crippen LogP contribution in [0, 0.1) is 36.5 Å². The number of hydrogen-bond donors (Lipinski definition) is 7. The number of piperidine rings is 1. The number of amides is 1. The summed E-state index contributed by atoms with van der Waals surface area (Å²) in [5, 5.41) is 71.0. The molecule has 0 saturated carbocycles. The van der Waals surface area contributed by atoms with Gasteiger partial charge >= 0.3 is 11.8 Å². The van der Waals surface area contributed by atoms with Crippen molar-refractivity contribution in [2.24, 2.45) is 44.7 Å². The summed E-state index contributed by atoms with van der Waals surface area (Å²) in [6, 6.07) is 6.31. The van der Waals surface area contributed by atoms with E-state index in [1.54, 1.807) is 64.6 Å². The summed E-state index contributed by atoms with van der Waals surface area (Å²) in [6.07, 6.45) is -0.799. The highest BCUT2D eigenvalue weighted by Crippen LogP contribution is 2.51. The number of methoxy groups -OCH3 is 1. The fraction of sp³-hybridized carbons (Fsp3) is 0.589. The molecule has 2 fully saturated rings. The zero-order chi connectivity index (χ0) is 57.8. The molecule has 432 valence electrons. The Kier molecular flexibility index (Phi) is 17.5. The van der Waals surface area contributed by atoms with E-state index in [2.05, 4.69) is 46.3 Å². The van der Waals surface area contributed by atoms with Gasteiger partial charge in [-0.2, -0.15) is 0 Å². The number of carbonyl (C=O) groups excluding carboxylic acids is 3. The molecule has 5 bridgehead atoms. The highest BCUT2D eigenvalue weighted by atomic mass is 127. The molecular formula is C56H76IN7O14S. The molecule has 3 aromatic rings. The van der Waals surface area contributed by atoms with Crippen LogP contribution < -0.4 is 30.8 Å². The number of fused-ring (bicyclic) bond motifs is 12. The van der Waals surface area contributed by atoms with E-state index < -0.39 is 117 Å². The number of aromatic hydroxyl groups is 2. The number of sulfonamides is 1. The molecule has 6 aliphatic rings. The van der Waals surface area contributed by atoms with E-state index in [4.69, 9.17) is 34.1 Å². The third kappa shape index (κ3) is 11.4. The van der Waals surface area contributed by atoms with Gasteiger partial charge in [0.05, 0.1) is 46.6 Å². The number of rotatable bonds is 10. The molecule has 23 heteroatoms. The van der Waals surface area contributed by atoms with Crippen molar-refractivity contribution in [1.82, 2.24) is 9.80 Å². The Morgan fingerprint density at radius 3 is 2.22 bits per heavy atom. The molecule has 9 rings (SSSR count). The smallest absolute Gasteiger partial charge is 0.336 e. The Hall–Kier alpha value is -5.15. The predicted octanol–water partition coefficient (Wildman–Crippen LogP) is 4.16. The van der Waals surface area contributed by atoms with Gasteiger partial charge in [0.15, 0.2) is 11.4 Å². The molecule has 3 aromatic carbocycles. The number of likely N-dealkylation sites (tertiary alicyclic amines) is 1. The number of primary sulfonamides is 1. The lowest BCUT2D eigenvalue weighted by atomic mass is 9.76. The zero-order valence-corrected chi connectivity index (χ0v) is 49.3. The molecule has 11 atom stereocenters. The largest absolute Gasteiger partial charge is 0.507 e. The molecule has 6 heterocycles. The zero-order valence-electron chi connectivity index (χ0n) is 46.3. The first kappa shape index (κ1) is 60.0. The number of piperazine rings is 1. The Bertz CT molecular complexity index is 3150. The van der Waals surface area contributed by atoms with Crippen LogP contribution in [0.15, 0.2) is 64.1 Å². The minimum Gasteiger partial charge on any atom is -0.507 e. The predicted molar refractivity (Wildman–Crippen MR) is 303 cm³/mol. The molecular weight excluding hydrogens is 1150 g/mol. The van der Waals surface area contributed by atoms with Crippen LogP contribution in [0.4, 0.5) is 11.4 Å². The number of Topliss-reactive ketones (excluding diaryl/α,β-unsaturated/α-hetero) is 1. The number of anilines is 2. The average molecular weight is 1230 g/mol. The number of ketones is 1. The number of ether oxygens (including phenoxy) is 4. The number of benzene rings is 3. The topological polar surface area (TPSA) is 296 Å². The number of para-hydroxylation sites is 1. The van der Waals surface area contributed by atoms with Gasteiger partial charge in [-0.25, -0.2) is 13.6 Å². The number of phenolic OH excluding ortho intramolecular Hbond substituents is 2. The first-order chi connectivity index (χ1) is 37.1. The normalized spacial score (nSPS) is 30.2. The number of hydrogen-bond acceptors (Lipinski definition) is 19. The van der Waals surface area contributed by atoms with Gasteiger partial charge < -0.3 is 64.5 Å². The van der Waals surface area contributed by atoms with Crippen molar-refractivity contribution in [1.29, 1.82) is 0 Å². The minimum atomic E-state index is -4.03. The van der Waals surface area contributed by atoms with E-state index in [0.29, 0.717) is 35.5 Å². The molecule has 6 aliphatic heterocycles. The quantitative estimate of drug-likeness (QED) is 0.0375. The molecule has 2 unspecified atom stereocenters. The van der Waals surface area contributed by atoms with Crippen molar-refractivity contribution in [3.8, 4) is 17.2 Å². The number of aliphatic hydroxyl groups is 3. The Morgan fingerprint density at radius 1 is 0.962 bits per heavy atom. The summed E-state index contributed by atoms with van der Waals surface area (Å²) in [5.74, 6) is -9.38. The number of aliphatic hydroxyl groups excluding tert-OH is 2. The van der Waals surface area contributed by atoms with E-state index in [9.17, 15) is 43.5 Å². The van der Waals surface area contributed by atoms with E-state index in [1.165, 1.54) is 43.4 Å². The van der Waals surface area contributed by atoms with Crippen LogP contribution in [0.2, 0.25) is 0 Å². The number of nitrogens with two attached hydrogens (primary N) is 1. The van der Waals surface area contributed by atoms with Gasteiger partial charge in [0.1, 0.15) is 45.7 Å². The third-order valence-electron chi connectivity index (χ3n) is 16.9. The second kappa shape index (κ2) is 23.0. The highest BCUT2D eigenvalue weighted by Gasteiger charge is 2.52. The molecule has 0 aromatic heterocycles. The number of carbonyl (C=O) groups is 3. The number of phenols is 2. The maximum atomic E-state index is 15.2. The summed E-state index contributed by atoms with van der Waals surface area (Å²) in [4.78, 5) is 59.0. The first-order valence-electron chi connectivity index (χ1n) is 27.0. The lowest BCUT2D eigenvalue weighted by Crippen LogP contribution is -2.51. The van der Waals surface area contributed by atoms with Gasteiger partial charge in [-0.05, 0) is 31.1 Å². The minimum absolute atomic E-state index is 0.0389. The molecule has 2 saturated heterocycles. The van der Waals surface area contributed by atoms with Gasteiger partial charge in [-0.1, -0.05) is 89.8 Å². The van der Waals surface area contributed by atoms with Crippen LogP contribution >= 0.6 is 22.6 Å². The molecule has 1 amide bonds. The molecule has 21 nitrogen and oxygen atoms in total. The van der Waals surface area contributed by atoms with E-state index in [-0.39, 0.29) is 81.5 Å². The summed E-state index contributed by atoms with van der Waals surface area (Å²) in [6.45, 7) is 20.9. The number of nitrogens with one attached hydrogen (secondary N) is 1. The van der Waals surface area contributed by atoms with Crippen molar-refractivity contribution < 1.29 is 67.3 Å². The van der Waals surface area contributed by atoms with Crippen LogP contribution in [-0.2, 0) is 33.8 Å². The van der Waals surface area contributed by atoms with Gasteiger partial charge in [0.25, 0.3) is 5.78 Å². The fourth-order valence-corrected chi connectivity index (χ4v) is 13.3. The maximum Gasteiger partial charge on any atom is 0.336 e. The second-order valence-electron chi connectivity index (χ2n) is 22.5. The molecule has 0 radical (unpaired) electrons.